The SMILES string of the molecule is Cc1csc(SCc2ccccc2C(=O)OCC(=O)NCCc2ccc3c(c2)OCCO3)n1. The number of ether oxygens (including phenoxy) is 3. The van der Waals surface area contributed by atoms with Gasteiger partial charge in [-0.15, -0.1) is 11.3 Å². The summed E-state index contributed by atoms with van der Waals surface area (Å²) in [5.74, 6) is 1.21. The highest BCUT2D eigenvalue weighted by Crippen LogP contribution is 2.31. The third-order valence-electron chi connectivity index (χ3n) is 4.86. The molecule has 1 N–H and O–H groups in total. The van der Waals surface area contributed by atoms with Crippen molar-refractivity contribution in [2.75, 3.05) is 26.4 Å². The molecule has 172 valence electrons. The Morgan fingerprint density at radius 2 is 1.97 bits per heavy atom. The number of hydrogen-bond acceptors (Lipinski definition) is 8. The Hall–Kier alpha value is -3.04. The first-order valence-electron chi connectivity index (χ1n) is 10.5. The zero-order valence-electron chi connectivity index (χ0n) is 18.2. The second-order valence-electron chi connectivity index (χ2n) is 7.35. The Balaban J connectivity index is 1.23. The monoisotopic (exact) mass is 484 g/mol. The number of benzene rings is 2. The molecule has 2 heterocycles. The van der Waals surface area contributed by atoms with Crippen molar-refractivity contribution >= 4 is 35.0 Å². The third kappa shape index (κ3) is 6.49. The van der Waals surface area contributed by atoms with Crippen molar-refractivity contribution in [2.24, 2.45) is 0 Å². The van der Waals surface area contributed by atoms with Gasteiger partial charge in [0, 0.05) is 23.4 Å². The molecule has 0 bridgehead atoms. The van der Waals surface area contributed by atoms with E-state index in [0.717, 1.165) is 32.7 Å². The number of hydrogen-bond donors (Lipinski definition) is 1. The number of aromatic nitrogens is 1. The number of carbonyl (C=O) groups is 2. The zero-order valence-corrected chi connectivity index (χ0v) is 19.8. The van der Waals surface area contributed by atoms with Crippen LogP contribution in [0.5, 0.6) is 11.5 Å². The van der Waals surface area contributed by atoms with Gasteiger partial charge in [-0.1, -0.05) is 36.0 Å². The molecule has 0 radical (unpaired) electrons. The maximum Gasteiger partial charge on any atom is 0.338 e. The molecule has 0 atom stereocenters. The summed E-state index contributed by atoms with van der Waals surface area (Å²) in [4.78, 5) is 29.2. The van der Waals surface area contributed by atoms with Gasteiger partial charge in [-0.2, -0.15) is 0 Å². The van der Waals surface area contributed by atoms with Crippen molar-refractivity contribution in [1.29, 1.82) is 0 Å². The van der Waals surface area contributed by atoms with Gasteiger partial charge in [0.05, 0.1) is 5.56 Å². The van der Waals surface area contributed by atoms with Crippen LogP contribution in [0.1, 0.15) is 27.2 Å². The van der Waals surface area contributed by atoms with Crippen LogP contribution in [0, 0.1) is 6.92 Å². The first-order valence-corrected chi connectivity index (χ1v) is 12.4. The maximum atomic E-state index is 12.6. The maximum absolute atomic E-state index is 12.6. The largest absolute Gasteiger partial charge is 0.486 e. The number of thioether (sulfide) groups is 1. The Bertz CT molecular complexity index is 1130. The molecule has 0 fully saturated rings. The Morgan fingerprint density at radius 3 is 2.79 bits per heavy atom. The van der Waals surface area contributed by atoms with Crippen LogP contribution in [0.15, 0.2) is 52.2 Å². The summed E-state index contributed by atoms with van der Waals surface area (Å²) in [6, 6.07) is 13.0. The second kappa shape index (κ2) is 11.2. The molecule has 1 aliphatic heterocycles. The molecule has 3 aromatic rings. The Morgan fingerprint density at radius 1 is 1.15 bits per heavy atom. The molecule has 1 aliphatic rings. The summed E-state index contributed by atoms with van der Waals surface area (Å²) >= 11 is 3.15. The summed E-state index contributed by atoms with van der Waals surface area (Å²) in [5, 5.41) is 4.78. The Kier molecular flexibility index (Phi) is 7.85. The lowest BCUT2D eigenvalue weighted by Gasteiger charge is -2.18. The summed E-state index contributed by atoms with van der Waals surface area (Å²) in [6.45, 7) is 3.14. The molecule has 33 heavy (non-hydrogen) atoms. The van der Waals surface area contributed by atoms with Crippen LogP contribution >= 0.6 is 23.1 Å². The summed E-state index contributed by atoms with van der Waals surface area (Å²) in [5.41, 5.74) is 3.32. The van der Waals surface area contributed by atoms with Gasteiger partial charge in [0.25, 0.3) is 5.91 Å². The first kappa shape index (κ1) is 23.1. The van der Waals surface area contributed by atoms with Crippen molar-refractivity contribution in [1.82, 2.24) is 10.3 Å². The number of fused-ring (bicyclic) bond motifs is 1. The van der Waals surface area contributed by atoms with Crippen LogP contribution in [0.4, 0.5) is 0 Å². The van der Waals surface area contributed by atoms with Crippen molar-refractivity contribution in [3.63, 3.8) is 0 Å². The number of nitrogens with one attached hydrogen (secondary N) is 1. The highest BCUT2D eigenvalue weighted by molar-refractivity contribution is 8.00. The van der Waals surface area contributed by atoms with E-state index in [-0.39, 0.29) is 12.5 Å². The van der Waals surface area contributed by atoms with Crippen molar-refractivity contribution in [2.45, 2.75) is 23.4 Å². The van der Waals surface area contributed by atoms with Gasteiger partial charge in [-0.3, -0.25) is 4.79 Å². The fourth-order valence-corrected chi connectivity index (χ4v) is 5.09. The van der Waals surface area contributed by atoms with E-state index in [2.05, 4.69) is 10.3 Å². The molecular weight excluding hydrogens is 460 g/mol. The molecule has 0 aliphatic carbocycles. The third-order valence-corrected chi connectivity index (χ3v) is 7.05. The van der Waals surface area contributed by atoms with Crippen LogP contribution < -0.4 is 14.8 Å². The van der Waals surface area contributed by atoms with E-state index in [1.165, 1.54) is 0 Å². The number of amides is 1. The quantitative estimate of drug-likeness (QED) is 0.362. The molecule has 0 spiro atoms. The fraction of sp³-hybridized carbons (Fsp3) is 0.292. The summed E-state index contributed by atoms with van der Waals surface area (Å²) in [7, 11) is 0. The Labute approximate surface area is 200 Å². The summed E-state index contributed by atoms with van der Waals surface area (Å²) < 4.78 is 17.3. The van der Waals surface area contributed by atoms with Crippen molar-refractivity contribution in [3.8, 4) is 11.5 Å². The zero-order chi connectivity index (χ0) is 23.0. The lowest BCUT2D eigenvalue weighted by Crippen LogP contribution is -2.30. The van der Waals surface area contributed by atoms with Crippen LogP contribution in [-0.2, 0) is 21.7 Å². The van der Waals surface area contributed by atoms with Crippen LogP contribution in [0.25, 0.3) is 0 Å². The van der Waals surface area contributed by atoms with Gasteiger partial charge in [-0.25, -0.2) is 9.78 Å². The van der Waals surface area contributed by atoms with Gasteiger partial charge < -0.3 is 19.5 Å². The normalized spacial score (nSPS) is 12.3. The van der Waals surface area contributed by atoms with Crippen LogP contribution in [-0.4, -0.2) is 43.2 Å². The van der Waals surface area contributed by atoms with Crippen LogP contribution in [0.3, 0.4) is 0 Å². The van der Waals surface area contributed by atoms with Crippen molar-refractivity contribution < 1.29 is 23.8 Å². The molecule has 1 aromatic heterocycles. The number of thiazole rings is 1. The molecule has 7 nitrogen and oxygen atoms in total. The predicted molar refractivity (Wildman–Crippen MR) is 127 cm³/mol. The molecule has 1 amide bonds. The minimum atomic E-state index is -0.511. The molecule has 9 heteroatoms. The fourth-order valence-electron chi connectivity index (χ4n) is 3.23. The smallest absolute Gasteiger partial charge is 0.338 e. The average molecular weight is 485 g/mol. The molecular formula is C24H24N2O5S2. The number of esters is 1. The van der Waals surface area contributed by atoms with Gasteiger partial charge in [-0.05, 0) is 42.7 Å². The first-order chi connectivity index (χ1) is 16.1. The lowest BCUT2D eigenvalue weighted by atomic mass is 10.1. The molecule has 0 unspecified atom stereocenters. The highest BCUT2D eigenvalue weighted by Gasteiger charge is 2.15. The molecule has 0 saturated carbocycles. The standard InChI is InChI=1S/C24H24N2O5S2/c1-16-14-32-24(26-16)33-15-18-4-2-3-5-19(18)23(28)31-13-22(27)25-9-8-17-6-7-20-21(12-17)30-11-10-29-20/h2-7,12,14H,8-11,13,15H2,1H3,(H,25,27). The highest BCUT2D eigenvalue weighted by atomic mass is 32.2. The number of aryl methyl sites for hydroxylation is 1. The summed E-state index contributed by atoms with van der Waals surface area (Å²) in [6.07, 6.45) is 0.632. The lowest BCUT2D eigenvalue weighted by molar-refractivity contribution is -0.124. The van der Waals surface area contributed by atoms with Crippen LogP contribution in [0.2, 0.25) is 0 Å². The van der Waals surface area contributed by atoms with E-state index < -0.39 is 5.97 Å². The topological polar surface area (TPSA) is 86.8 Å². The molecule has 4 rings (SSSR count). The van der Waals surface area contributed by atoms with Gasteiger partial charge >= 0.3 is 5.97 Å². The average Bonchev–Trinajstić information content (AvgIpc) is 3.26. The van der Waals surface area contributed by atoms with Gasteiger partial charge in [0.2, 0.25) is 0 Å². The number of rotatable bonds is 9. The van der Waals surface area contributed by atoms with E-state index in [0.29, 0.717) is 37.5 Å². The molecule has 2 aromatic carbocycles. The van der Waals surface area contributed by atoms with Gasteiger partial charge in [0.1, 0.15) is 17.6 Å². The predicted octanol–water partition coefficient (Wildman–Crippen LogP) is 4.03. The number of nitrogens with zero attached hydrogens (tertiary/aromatic N) is 1. The minimum absolute atomic E-state index is 0.326. The van der Waals surface area contributed by atoms with E-state index in [1.807, 2.05) is 42.6 Å². The van der Waals surface area contributed by atoms with E-state index in [9.17, 15) is 9.59 Å². The van der Waals surface area contributed by atoms with E-state index in [1.54, 1.807) is 35.2 Å². The van der Waals surface area contributed by atoms with Crippen molar-refractivity contribution in [3.05, 3.63) is 70.2 Å². The molecule has 0 saturated heterocycles. The van der Waals surface area contributed by atoms with Gasteiger partial charge in [0.15, 0.2) is 18.1 Å². The van der Waals surface area contributed by atoms with E-state index in [4.69, 9.17) is 14.2 Å². The minimum Gasteiger partial charge on any atom is -0.486 e. The number of carbonyl (C=O) groups excluding carboxylic acids is 2. The second-order valence-corrected chi connectivity index (χ2v) is 9.44. The van der Waals surface area contributed by atoms with E-state index >= 15 is 0 Å².